The molecule has 2 heterocycles. The lowest BCUT2D eigenvalue weighted by Gasteiger charge is -2.13. The number of aromatic nitrogens is 3. The molecule has 0 spiro atoms. The van der Waals surface area contributed by atoms with Crippen molar-refractivity contribution in [1.82, 2.24) is 14.5 Å². The van der Waals surface area contributed by atoms with Gasteiger partial charge in [0.2, 0.25) is 0 Å². The summed E-state index contributed by atoms with van der Waals surface area (Å²) in [4.78, 5) is 10.4. The fourth-order valence-electron chi connectivity index (χ4n) is 7.72. The van der Waals surface area contributed by atoms with Crippen molar-refractivity contribution in [1.29, 1.82) is 0 Å². The standard InChI is InChI=1S/C47H31N3/c1-4-13-33(14-5-1)45-41-30-36-17-12-21-38(44(36)46(41)49-47(48-45)34-15-6-2-7-16-34)32-25-23-31(24-26-32)35-27-28-43-40(29-35)39-20-10-11-22-42(39)50(43)37-18-8-3-9-19-37/h1-29H,30H2. The summed E-state index contributed by atoms with van der Waals surface area (Å²) in [5.74, 6) is 0.755. The minimum atomic E-state index is 0.755. The van der Waals surface area contributed by atoms with Crippen molar-refractivity contribution in [3.8, 4) is 61.8 Å². The summed E-state index contributed by atoms with van der Waals surface area (Å²) in [6, 6.07) is 62.7. The van der Waals surface area contributed by atoms with Crippen molar-refractivity contribution in [2.24, 2.45) is 0 Å². The molecule has 0 atom stereocenters. The predicted octanol–water partition coefficient (Wildman–Crippen LogP) is 11.8. The molecule has 3 heteroatoms. The van der Waals surface area contributed by atoms with Crippen LogP contribution in [0.3, 0.4) is 0 Å². The molecule has 2 aromatic heterocycles. The molecule has 9 aromatic rings. The summed E-state index contributed by atoms with van der Waals surface area (Å²) in [5.41, 5.74) is 16.3. The molecule has 0 amide bonds. The van der Waals surface area contributed by atoms with Crippen LogP contribution in [0.25, 0.3) is 83.6 Å². The predicted molar refractivity (Wildman–Crippen MR) is 206 cm³/mol. The average molecular weight is 638 g/mol. The second-order valence-corrected chi connectivity index (χ2v) is 13.0. The van der Waals surface area contributed by atoms with Gasteiger partial charge < -0.3 is 4.57 Å². The molecule has 3 nitrogen and oxygen atoms in total. The fourth-order valence-corrected chi connectivity index (χ4v) is 7.72. The summed E-state index contributed by atoms with van der Waals surface area (Å²) in [7, 11) is 0. The quantitative estimate of drug-likeness (QED) is 0.188. The summed E-state index contributed by atoms with van der Waals surface area (Å²) < 4.78 is 2.36. The maximum absolute atomic E-state index is 5.27. The molecule has 10 rings (SSSR count). The van der Waals surface area contributed by atoms with E-state index in [-0.39, 0.29) is 0 Å². The highest BCUT2D eigenvalue weighted by atomic mass is 15.0. The molecule has 0 saturated carbocycles. The van der Waals surface area contributed by atoms with Gasteiger partial charge in [-0.3, -0.25) is 0 Å². The number of hydrogen-bond donors (Lipinski definition) is 0. The molecule has 1 aliphatic rings. The largest absolute Gasteiger partial charge is 0.309 e. The third-order valence-corrected chi connectivity index (χ3v) is 10.1. The van der Waals surface area contributed by atoms with Gasteiger partial charge in [-0.15, -0.1) is 0 Å². The Kier molecular flexibility index (Phi) is 6.56. The van der Waals surface area contributed by atoms with Crippen LogP contribution in [-0.4, -0.2) is 14.5 Å². The number of para-hydroxylation sites is 2. The summed E-state index contributed by atoms with van der Waals surface area (Å²) in [6.45, 7) is 0. The summed E-state index contributed by atoms with van der Waals surface area (Å²) in [6.07, 6.45) is 0.812. The van der Waals surface area contributed by atoms with Crippen LogP contribution in [0, 0.1) is 0 Å². The first-order chi connectivity index (χ1) is 24.8. The Morgan fingerprint density at radius 1 is 0.420 bits per heavy atom. The van der Waals surface area contributed by atoms with Crippen molar-refractivity contribution in [2.45, 2.75) is 6.42 Å². The minimum Gasteiger partial charge on any atom is -0.309 e. The van der Waals surface area contributed by atoms with Crippen LogP contribution in [0.5, 0.6) is 0 Å². The van der Waals surface area contributed by atoms with Gasteiger partial charge in [-0.1, -0.05) is 146 Å². The molecule has 1 aliphatic carbocycles. The van der Waals surface area contributed by atoms with Crippen LogP contribution in [0.4, 0.5) is 0 Å². The molecular weight excluding hydrogens is 607 g/mol. The second kappa shape index (κ2) is 11.5. The van der Waals surface area contributed by atoms with E-state index in [9.17, 15) is 0 Å². The Bertz CT molecular complexity index is 2690. The van der Waals surface area contributed by atoms with Gasteiger partial charge in [-0.2, -0.15) is 0 Å². The third-order valence-electron chi connectivity index (χ3n) is 10.1. The van der Waals surface area contributed by atoms with Crippen molar-refractivity contribution in [3.63, 3.8) is 0 Å². The SMILES string of the molecule is c1ccc(-c2nc(-c3ccccc3)c3c(n2)-c2c(cccc2-c2ccc(-c4ccc5c(c4)c4ccccc4n5-c4ccccc4)cc2)C3)cc1. The van der Waals surface area contributed by atoms with Crippen molar-refractivity contribution in [2.75, 3.05) is 0 Å². The van der Waals surface area contributed by atoms with Crippen LogP contribution in [0.2, 0.25) is 0 Å². The minimum absolute atomic E-state index is 0.755. The monoisotopic (exact) mass is 637 g/mol. The first-order valence-electron chi connectivity index (χ1n) is 17.1. The topological polar surface area (TPSA) is 30.7 Å². The average Bonchev–Trinajstić information content (AvgIpc) is 3.74. The number of hydrogen-bond acceptors (Lipinski definition) is 2. The molecule has 234 valence electrons. The zero-order valence-electron chi connectivity index (χ0n) is 27.3. The normalized spacial score (nSPS) is 11.9. The summed E-state index contributed by atoms with van der Waals surface area (Å²) >= 11 is 0. The lowest BCUT2D eigenvalue weighted by molar-refractivity contribution is 1.13. The highest BCUT2D eigenvalue weighted by molar-refractivity contribution is 6.10. The van der Waals surface area contributed by atoms with Gasteiger partial charge in [0, 0.05) is 45.1 Å². The van der Waals surface area contributed by atoms with Gasteiger partial charge in [-0.25, -0.2) is 9.97 Å². The molecule has 0 fully saturated rings. The maximum atomic E-state index is 5.27. The van der Waals surface area contributed by atoms with E-state index in [1.165, 1.54) is 66.4 Å². The Morgan fingerprint density at radius 2 is 1.04 bits per heavy atom. The van der Waals surface area contributed by atoms with E-state index < -0.39 is 0 Å². The molecule has 0 radical (unpaired) electrons. The van der Waals surface area contributed by atoms with Crippen molar-refractivity contribution in [3.05, 3.63) is 187 Å². The van der Waals surface area contributed by atoms with E-state index in [1.807, 2.05) is 18.2 Å². The Labute approximate surface area is 290 Å². The van der Waals surface area contributed by atoms with E-state index in [0.29, 0.717) is 0 Å². The maximum Gasteiger partial charge on any atom is 0.160 e. The molecular formula is C47H31N3. The molecule has 0 aliphatic heterocycles. The number of rotatable bonds is 5. The van der Waals surface area contributed by atoms with Crippen LogP contribution < -0.4 is 0 Å². The number of fused-ring (bicyclic) bond motifs is 6. The molecule has 7 aromatic carbocycles. The van der Waals surface area contributed by atoms with Crippen LogP contribution in [0.15, 0.2) is 176 Å². The van der Waals surface area contributed by atoms with E-state index in [0.717, 1.165) is 34.8 Å². The molecule has 0 bridgehead atoms. The lowest BCUT2D eigenvalue weighted by atomic mass is 9.94. The van der Waals surface area contributed by atoms with Crippen molar-refractivity contribution >= 4 is 21.8 Å². The van der Waals surface area contributed by atoms with E-state index in [2.05, 4.69) is 162 Å². The van der Waals surface area contributed by atoms with Gasteiger partial charge in [0.1, 0.15) is 0 Å². The van der Waals surface area contributed by atoms with Crippen LogP contribution in [-0.2, 0) is 6.42 Å². The van der Waals surface area contributed by atoms with E-state index in [4.69, 9.17) is 9.97 Å². The highest BCUT2D eigenvalue weighted by Gasteiger charge is 2.28. The van der Waals surface area contributed by atoms with Crippen LogP contribution >= 0.6 is 0 Å². The smallest absolute Gasteiger partial charge is 0.160 e. The third kappa shape index (κ3) is 4.59. The first kappa shape index (κ1) is 28.4. The highest BCUT2D eigenvalue weighted by Crippen LogP contribution is 2.46. The molecule has 0 unspecified atom stereocenters. The number of nitrogens with zero attached hydrogens (tertiary/aromatic N) is 3. The Morgan fingerprint density at radius 3 is 1.82 bits per heavy atom. The zero-order valence-corrected chi connectivity index (χ0v) is 27.3. The Hall–Kier alpha value is -6.58. The molecule has 50 heavy (non-hydrogen) atoms. The zero-order chi connectivity index (χ0) is 33.0. The second-order valence-electron chi connectivity index (χ2n) is 13.0. The van der Waals surface area contributed by atoms with E-state index in [1.54, 1.807) is 0 Å². The number of benzene rings is 7. The molecule has 0 N–H and O–H groups in total. The summed E-state index contributed by atoms with van der Waals surface area (Å²) in [5, 5.41) is 2.52. The Balaban J connectivity index is 1.08. The van der Waals surface area contributed by atoms with Gasteiger partial charge in [-0.05, 0) is 58.1 Å². The van der Waals surface area contributed by atoms with Gasteiger partial charge in [0.15, 0.2) is 5.82 Å². The lowest BCUT2D eigenvalue weighted by Crippen LogP contribution is -1.99. The van der Waals surface area contributed by atoms with Gasteiger partial charge >= 0.3 is 0 Å². The van der Waals surface area contributed by atoms with Gasteiger partial charge in [0.25, 0.3) is 0 Å². The van der Waals surface area contributed by atoms with Crippen molar-refractivity contribution < 1.29 is 0 Å². The first-order valence-corrected chi connectivity index (χ1v) is 17.1. The fraction of sp³-hybridized carbons (Fsp3) is 0.0213. The van der Waals surface area contributed by atoms with Crippen LogP contribution in [0.1, 0.15) is 11.1 Å². The van der Waals surface area contributed by atoms with Gasteiger partial charge in [0.05, 0.1) is 22.4 Å². The molecule has 0 saturated heterocycles. The van der Waals surface area contributed by atoms with E-state index >= 15 is 0 Å².